The molecule has 0 atom stereocenters. The van der Waals surface area contributed by atoms with Crippen LogP contribution in [-0.4, -0.2) is 29.9 Å². The van der Waals surface area contributed by atoms with E-state index >= 15 is 0 Å². The van der Waals surface area contributed by atoms with Crippen molar-refractivity contribution in [2.24, 2.45) is 0 Å². The Labute approximate surface area is 127 Å². The minimum absolute atomic E-state index is 0.0163. The summed E-state index contributed by atoms with van der Waals surface area (Å²) in [4.78, 5) is 17.9. The van der Waals surface area contributed by atoms with Crippen LogP contribution in [0.1, 0.15) is 21.5 Å². The Morgan fingerprint density at radius 1 is 1.32 bits per heavy atom. The van der Waals surface area contributed by atoms with Crippen molar-refractivity contribution in [1.29, 1.82) is 0 Å². The number of ether oxygens (including phenoxy) is 1. The molecule has 1 aromatic carbocycles. The van der Waals surface area contributed by atoms with Crippen LogP contribution in [0.5, 0.6) is 5.88 Å². The number of methoxy groups -OCH3 is 1. The molecule has 0 spiro atoms. The third kappa shape index (κ3) is 3.21. The normalized spacial score (nSPS) is 10.4. The molecule has 0 aliphatic carbocycles. The van der Waals surface area contributed by atoms with Gasteiger partial charge in [-0.05, 0) is 24.6 Å². The number of hydrogen-bond acceptors (Lipinski definition) is 3. The van der Waals surface area contributed by atoms with E-state index in [1.54, 1.807) is 19.2 Å². The van der Waals surface area contributed by atoms with Gasteiger partial charge in [0.15, 0.2) is 0 Å². The highest BCUT2D eigenvalue weighted by molar-refractivity contribution is 5.97. The Hall–Kier alpha value is -2.50. The molecular formula is C16H16F2N2O2. The van der Waals surface area contributed by atoms with Crippen LogP contribution in [0.25, 0.3) is 0 Å². The van der Waals surface area contributed by atoms with E-state index in [-0.39, 0.29) is 23.9 Å². The average molecular weight is 306 g/mol. The standard InChI is InChI=1S/C16H16F2N2O2/c1-10-6-7-19-15(22-3)14(10)16(21)20(2)9-11-4-5-12(17)8-13(11)18/h4-8H,9H2,1-3H3. The van der Waals surface area contributed by atoms with Gasteiger partial charge in [-0.2, -0.15) is 0 Å². The van der Waals surface area contributed by atoms with E-state index in [9.17, 15) is 13.6 Å². The van der Waals surface area contributed by atoms with Gasteiger partial charge in [-0.25, -0.2) is 13.8 Å². The van der Waals surface area contributed by atoms with E-state index in [0.717, 1.165) is 12.1 Å². The van der Waals surface area contributed by atoms with Crippen molar-refractivity contribution in [2.75, 3.05) is 14.2 Å². The van der Waals surface area contributed by atoms with E-state index in [0.29, 0.717) is 11.1 Å². The van der Waals surface area contributed by atoms with Crippen LogP contribution in [0.3, 0.4) is 0 Å². The van der Waals surface area contributed by atoms with Gasteiger partial charge in [0.1, 0.15) is 17.2 Å². The van der Waals surface area contributed by atoms with Gasteiger partial charge in [-0.3, -0.25) is 4.79 Å². The molecule has 6 heteroatoms. The zero-order valence-electron chi connectivity index (χ0n) is 12.6. The lowest BCUT2D eigenvalue weighted by Crippen LogP contribution is -2.28. The second kappa shape index (κ2) is 6.51. The van der Waals surface area contributed by atoms with Crippen molar-refractivity contribution in [2.45, 2.75) is 13.5 Å². The molecule has 1 heterocycles. The molecule has 4 nitrogen and oxygen atoms in total. The number of benzene rings is 1. The summed E-state index contributed by atoms with van der Waals surface area (Å²) in [6, 6.07) is 4.97. The van der Waals surface area contributed by atoms with E-state index < -0.39 is 11.6 Å². The second-order valence-electron chi connectivity index (χ2n) is 4.91. The summed E-state index contributed by atoms with van der Waals surface area (Å²) in [5.41, 5.74) is 1.27. The molecule has 0 unspecified atom stereocenters. The molecule has 0 aliphatic rings. The molecule has 2 rings (SSSR count). The largest absolute Gasteiger partial charge is 0.480 e. The lowest BCUT2D eigenvalue weighted by Gasteiger charge is -2.19. The smallest absolute Gasteiger partial charge is 0.259 e. The third-order valence-electron chi connectivity index (χ3n) is 3.30. The van der Waals surface area contributed by atoms with E-state index in [1.807, 2.05) is 0 Å². The molecule has 1 aromatic heterocycles. The van der Waals surface area contributed by atoms with Gasteiger partial charge in [-0.1, -0.05) is 6.07 Å². The van der Waals surface area contributed by atoms with E-state index in [2.05, 4.69) is 4.98 Å². The number of carbonyl (C=O) groups is 1. The highest BCUT2D eigenvalue weighted by Gasteiger charge is 2.21. The van der Waals surface area contributed by atoms with Crippen LogP contribution in [0.4, 0.5) is 8.78 Å². The van der Waals surface area contributed by atoms with Crippen LogP contribution in [0, 0.1) is 18.6 Å². The number of amides is 1. The molecular weight excluding hydrogens is 290 g/mol. The highest BCUT2D eigenvalue weighted by Crippen LogP contribution is 2.21. The van der Waals surface area contributed by atoms with Gasteiger partial charge >= 0.3 is 0 Å². The molecule has 1 amide bonds. The summed E-state index contributed by atoms with van der Waals surface area (Å²) in [6.07, 6.45) is 1.55. The summed E-state index contributed by atoms with van der Waals surface area (Å²) in [6.45, 7) is 1.78. The summed E-state index contributed by atoms with van der Waals surface area (Å²) < 4.78 is 31.7. The summed E-state index contributed by atoms with van der Waals surface area (Å²) >= 11 is 0. The summed E-state index contributed by atoms with van der Waals surface area (Å²) in [5.74, 6) is -1.46. The molecule has 0 N–H and O–H groups in total. The monoisotopic (exact) mass is 306 g/mol. The number of aromatic nitrogens is 1. The fourth-order valence-corrected chi connectivity index (χ4v) is 2.12. The second-order valence-corrected chi connectivity index (χ2v) is 4.91. The minimum atomic E-state index is -0.686. The first kappa shape index (κ1) is 15.9. The van der Waals surface area contributed by atoms with Crippen LogP contribution in [0.2, 0.25) is 0 Å². The first-order valence-corrected chi connectivity index (χ1v) is 6.63. The number of pyridine rings is 1. The maximum atomic E-state index is 13.7. The van der Waals surface area contributed by atoms with Crippen molar-refractivity contribution >= 4 is 5.91 Å². The van der Waals surface area contributed by atoms with Crippen LogP contribution < -0.4 is 4.74 Å². The van der Waals surface area contributed by atoms with E-state index in [4.69, 9.17) is 4.74 Å². The first-order chi connectivity index (χ1) is 10.4. The number of carbonyl (C=O) groups excluding carboxylic acids is 1. The lowest BCUT2D eigenvalue weighted by molar-refractivity contribution is 0.0779. The number of halogens is 2. The van der Waals surface area contributed by atoms with Gasteiger partial charge in [0.25, 0.3) is 5.91 Å². The zero-order valence-corrected chi connectivity index (χ0v) is 12.6. The maximum absolute atomic E-state index is 13.7. The van der Waals surface area contributed by atoms with Crippen LogP contribution in [-0.2, 0) is 6.54 Å². The Balaban J connectivity index is 2.26. The van der Waals surface area contributed by atoms with Crippen LogP contribution in [0.15, 0.2) is 30.5 Å². The molecule has 0 bridgehead atoms. The molecule has 0 saturated heterocycles. The van der Waals surface area contributed by atoms with Gasteiger partial charge < -0.3 is 9.64 Å². The fraction of sp³-hybridized carbons (Fsp3) is 0.250. The van der Waals surface area contributed by atoms with Crippen LogP contribution >= 0.6 is 0 Å². The quantitative estimate of drug-likeness (QED) is 0.872. The Morgan fingerprint density at radius 3 is 2.68 bits per heavy atom. The Bertz CT molecular complexity index is 705. The number of rotatable bonds is 4. The predicted molar refractivity (Wildman–Crippen MR) is 77.7 cm³/mol. The first-order valence-electron chi connectivity index (χ1n) is 6.63. The lowest BCUT2D eigenvalue weighted by atomic mass is 10.1. The van der Waals surface area contributed by atoms with Crippen molar-refractivity contribution in [3.05, 3.63) is 58.8 Å². The van der Waals surface area contributed by atoms with Crippen molar-refractivity contribution < 1.29 is 18.3 Å². The zero-order chi connectivity index (χ0) is 16.3. The number of hydrogen-bond donors (Lipinski definition) is 0. The fourth-order valence-electron chi connectivity index (χ4n) is 2.12. The molecule has 0 aliphatic heterocycles. The summed E-state index contributed by atoms with van der Waals surface area (Å²) in [5, 5.41) is 0. The molecule has 0 saturated carbocycles. The van der Waals surface area contributed by atoms with Crippen molar-refractivity contribution in [3.63, 3.8) is 0 Å². The highest BCUT2D eigenvalue weighted by atomic mass is 19.1. The molecule has 22 heavy (non-hydrogen) atoms. The number of aryl methyl sites for hydroxylation is 1. The maximum Gasteiger partial charge on any atom is 0.259 e. The Kier molecular flexibility index (Phi) is 4.70. The predicted octanol–water partition coefficient (Wildman–Crippen LogP) is 2.95. The van der Waals surface area contributed by atoms with Gasteiger partial charge in [-0.15, -0.1) is 0 Å². The SMILES string of the molecule is COc1nccc(C)c1C(=O)N(C)Cc1ccc(F)cc1F. The van der Waals surface area contributed by atoms with Gasteiger partial charge in [0.05, 0.1) is 7.11 Å². The minimum Gasteiger partial charge on any atom is -0.480 e. The summed E-state index contributed by atoms with van der Waals surface area (Å²) in [7, 11) is 2.97. The molecule has 0 radical (unpaired) electrons. The molecule has 2 aromatic rings. The molecule has 0 fully saturated rings. The topological polar surface area (TPSA) is 42.4 Å². The number of nitrogens with zero attached hydrogens (tertiary/aromatic N) is 2. The molecule has 116 valence electrons. The van der Waals surface area contributed by atoms with Crippen molar-refractivity contribution in [3.8, 4) is 5.88 Å². The average Bonchev–Trinajstić information content (AvgIpc) is 2.49. The van der Waals surface area contributed by atoms with Gasteiger partial charge in [0, 0.05) is 31.4 Å². The van der Waals surface area contributed by atoms with E-state index in [1.165, 1.54) is 25.1 Å². The third-order valence-corrected chi connectivity index (χ3v) is 3.30. The van der Waals surface area contributed by atoms with Gasteiger partial charge in [0.2, 0.25) is 5.88 Å². The van der Waals surface area contributed by atoms with Crippen molar-refractivity contribution in [1.82, 2.24) is 9.88 Å². The Morgan fingerprint density at radius 2 is 2.05 bits per heavy atom.